The van der Waals surface area contributed by atoms with Gasteiger partial charge >= 0.3 is 0 Å². The molecule has 3 unspecified atom stereocenters. The third-order valence-electron chi connectivity index (χ3n) is 5.12. The van der Waals surface area contributed by atoms with Crippen molar-refractivity contribution in [1.29, 1.82) is 0 Å². The van der Waals surface area contributed by atoms with Crippen molar-refractivity contribution in [2.45, 2.75) is 38.0 Å². The van der Waals surface area contributed by atoms with Crippen LogP contribution in [0.15, 0.2) is 54.6 Å². The predicted octanol–water partition coefficient (Wildman–Crippen LogP) is 2.67. The van der Waals surface area contributed by atoms with E-state index < -0.39 is 29.4 Å². The van der Waals surface area contributed by atoms with E-state index in [0.717, 1.165) is 5.56 Å². The SMILES string of the molecule is CC(=O)N1CCC(C)(O)C(NC(=O)c2ccc(F)cc2)C1c1ccccc1. The van der Waals surface area contributed by atoms with Crippen LogP contribution in [0.4, 0.5) is 4.39 Å². The van der Waals surface area contributed by atoms with Crippen molar-refractivity contribution in [3.63, 3.8) is 0 Å². The summed E-state index contributed by atoms with van der Waals surface area (Å²) in [5, 5.41) is 13.9. The number of carbonyl (C=O) groups is 2. The summed E-state index contributed by atoms with van der Waals surface area (Å²) < 4.78 is 13.1. The van der Waals surface area contributed by atoms with Gasteiger partial charge in [-0.3, -0.25) is 9.59 Å². The molecule has 0 bridgehead atoms. The van der Waals surface area contributed by atoms with Gasteiger partial charge in [0.25, 0.3) is 5.91 Å². The molecular formula is C21H23FN2O3. The molecule has 3 atom stereocenters. The molecule has 0 saturated carbocycles. The van der Waals surface area contributed by atoms with Gasteiger partial charge < -0.3 is 15.3 Å². The van der Waals surface area contributed by atoms with Crippen LogP contribution in [0.25, 0.3) is 0 Å². The van der Waals surface area contributed by atoms with E-state index in [0.29, 0.717) is 18.5 Å². The van der Waals surface area contributed by atoms with Gasteiger partial charge in [0.2, 0.25) is 5.91 Å². The zero-order valence-electron chi connectivity index (χ0n) is 15.4. The Hall–Kier alpha value is -2.73. The number of aliphatic hydroxyl groups is 1. The van der Waals surface area contributed by atoms with Gasteiger partial charge in [-0.1, -0.05) is 30.3 Å². The fourth-order valence-electron chi connectivity index (χ4n) is 3.60. The van der Waals surface area contributed by atoms with Crippen LogP contribution in [0.3, 0.4) is 0 Å². The molecule has 6 heteroatoms. The lowest BCUT2D eigenvalue weighted by Gasteiger charge is -2.49. The number of nitrogens with one attached hydrogen (secondary N) is 1. The molecule has 1 aliphatic heterocycles. The Bertz CT molecular complexity index is 821. The van der Waals surface area contributed by atoms with Crippen LogP contribution in [0.2, 0.25) is 0 Å². The van der Waals surface area contributed by atoms with E-state index in [2.05, 4.69) is 5.32 Å². The number of hydrogen-bond acceptors (Lipinski definition) is 3. The second kappa shape index (κ2) is 7.48. The highest BCUT2D eigenvalue weighted by atomic mass is 19.1. The molecule has 5 nitrogen and oxygen atoms in total. The molecule has 2 aromatic rings. The average Bonchev–Trinajstić information content (AvgIpc) is 2.64. The van der Waals surface area contributed by atoms with Crippen LogP contribution < -0.4 is 5.32 Å². The van der Waals surface area contributed by atoms with Crippen LogP contribution in [-0.2, 0) is 4.79 Å². The lowest BCUT2D eigenvalue weighted by molar-refractivity contribution is -0.140. The number of hydrogen-bond donors (Lipinski definition) is 2. The first-order valence-corrected chi connectivity index (χ1v) is 8.90. The first-order valence-electron chi connectivity index (χ1n) is 8.90. The minimum absolute atomic E-state index is 0.125. The first-order chi connectivity index (χ1) is 12.8. The molecule has 2 amide bonds. The predicted molar refractivity (Wildman–Crippen MR) is 99.5 cm³/mol. The fraction of sp³-hybridized carbons (Fsp3) is 0.333. The van der Waals surface area contributed by atoms with E-state index in [1.165, 1.54) is 31.2 Å². The monoisotopic (exact) mass is 370 g/mol. The summed E-state index contributed by atoms with van der Waals surface area (Å²) in [6.45, 7) is 3.54. The largest absolute Gasteiger partial charge is 0.388 e. The normalized spacial score (nSPS) is 25.1. The molecule has 3 rings (SSSR count). The summed E-state index contributed by atoms with van der Waals surface area (Å²) in [7, 11) is 0. The zero-order chi connectivity index (χ0) is 19.6. The average molecular weight is 370 g/mol. The van der Waals surface area contributed by atoms with Gasteiger partial charge in [-0.2, -0.15) is 0 Å². The molecular weight excluding hydrogens is 347 g/mol. The Labute approximate surface area is 157 Å². The molecule has 1 heterocycles. The number of rotatable bonds is 3. The van der Waals surface area contributed by atoms with Crippen molar-refractivity contribution >= 4 is 11.8 Å². The minimum atomic E-state index is -1.21. The van der Waals surface area contributed by atoms with Crippen LogP contribution in [0.1, 0.15) is 42.2 Å². The standard InChI is InChI=1S/C21H23FN2O3/c1-14(25)24-13-12-21(2,27)19(18(24)15-6-4-3-5-7-15)23-20(26)16-8-10-17(22)11-9-16/h3-11,18-19,27H,12-13H2,1-2H3,(H,23,26). The van der Waals surface area contributed by atoms with Crippen LogP contribution >= 0.6 is 0 Å². The van der Waals surface area contributed by atoms with Crippen molar-refractivity contribution in [3.05, 3.63) is 71.5 Å². The molecule has 0 radical (unpaired) electrons. The van der Waals surface area contributed by atoms with E-state index in [9.17, 15) is 19.1 Å². The number of benzene rings is 2. The van der Waals surface area contributed by atoms with Crippen LogP contribution in [-0.4, -0.2) is 40.0 Å². The van der Waals surface area contributed by atoms with Crippen molar-refractivity contribution < 1.29 is 19.1 Å². The van der Waals surface area contributed by atoms with Crippen molar-refractivity contribution in [2.75, 3.05) is 6.54 Å². The Morgan fingerprint density at radius 2 is 1.78 bits per heavy atom. The Kier molecular flexibility index (Phi) is 5.28. The summed E-state index contributed by atoms with van der Waals surface area (Å²) in [5.74, 6) is -0.979. The number of carbonyl (C=O) groups excluding carboxylic acids is 2. The highest BCUT2D eigenvalue weighted by Gasteiger charge is 2.47. The molecule has 27 heavy (non-hydrogen) atoms. The fourth-order valence-corrected chi connectivity index (χ4v) is 3.60. The maximum atomic E-state index is 13.1. The van der Waals surface area contributed by atoms with Crippen LogP contribution in [0.5, 0.6) is 0 Å². The zero-order valence-corrected chi connectivity index (χ0v) is 15.4. The van der Waals surface area contributed by atoms with Crippen molar-refractivity contribution in [1.82, 2.24) is 10.2 Å². The summed E-state index contributed by atoms with van der Waals surface area (Å²) >= 11 is 0. The third-order valence-corrected chi connectivity index (χ3v) is 5.12. The lowest BCUT2D eigenvalue weighted by Crippen LogP contribution is -2.63. The van der Waals surface area contributed by atoms with E-state index >= 15 is 0 Å². The van der Waals surface area contributed by atoms with Gasteiger partial charge in [0.05, 0.1) is 17.7 Å². The highest BCUT2D eigenvalue weighted by Crippen LogP contribution is 2.37. The van der Waals surface area contributed by atoms with Gasteiger partial charge in [0, 0.05) is 19.0 Å². The quantitative estimate of drug-likeness (QED) is 0.873. The van der Waals surface area contributed by atoms with Gasteiger partial charge in [-0.05, 0) is 43.2 Å². The smallest absolute Gasteiger partial charge is 0.251 e. The van der Waals surface area contributed by atoms with Crippen LogP contribution in [0, 0.1) is 5.82 Å². The lowest BCUT2D eigenvalue weighted by atomic mass is 9.79. The molecule has 142 valence electrons. The summed E-state index contributed by atoms with van der Waals surface area (Å²) in [6, 6.07) is 13.3. The molecule has 0 spiro atoms. The van der Waals surface area contributed by atoms with E-state index in [4.69, 9.17) is 0 Å². The number of amides is 2. The molecule has 0 aromatic heterocycles. The number of piperidine rings is 1. The first kappa shape index (κ1) is 19.0. The van der Waals surface area contributed by atoms with E-state index in [-0.39, 0.29) is 5.91 Å². The molecule has 2 N–H and O–H groups in total. The summed E-state index contributed by atoms with van der Waals surface area (Å²) in [5.41, 5.74) is -0.0849. The molecule has 1 aliphatic rings. The minimum Gasteiger partial charge on any atom is -0.388 e. The van der Waals surface area contributed by atoms with E-state index in [1.54, 1.807) is 11.8 Å². The van der Waals surface area contributed by atoms with Gasteiger partial charge in [0.15, 0.2) is 0 Å². The van der Waals surface area contributed by atoms with Gasteiger partial charge in [-0.25, -0.2) is 4.39 Å². The third kappa shape index (κ3) is 4.01. The Balaban J connectivity index is 1.97. The molecule has 0 aliphatic carbocycles. The Morgan fingerprint density at radius 1 is 1.15 bits per heavy atom. The summed E-state index contributed by atoms with van der Waals surface area (Å²) in [6.07, 6.45) is 0.338. The maximum absolute atomic E-state index is 13.1. The van der Waals surface area contributed by atoms with Crippen molar-refractivity contribution in [3.8, 4) is 0 Å². The second-order valence-electron chi connectivity index (χ2n) is 7.13. The Morgan fingerprint density at radius 3 is 2.37 bits per heavy atom. The molecule has 2 aromatic carbocycles. The summed E-state index contributed by atoms with van der Waals surface area (Å²) in [4.78, 5) is 26.6. The topological polar surface area (TPSA) is 69.6 Å². The number of likely N-dealkylation sites (tertiary alicyclic amines) is 1. The number of nitrogens with zero attached hydrogens (tertiary/aromatic N) is 1. The second-order valence-corrected chi connectivity index (χ2v) is 7.13. The molecule has 1 saturated heterocycles. The van der Waals surface area contributed by atoms with E-state index in [1.807, 2.05) is 30.3 Å². The van der Waals surface area contributed by atoms with Gasteiger partial charge in [-0.15, -0.1) is 0 Å². The number of halogens is 1. The van der Waals surface area contributed by atoms with Gasteiger partial charge in [0.1, 0.15) is 5.82 Å². The highest BCUT2D eigenvalue weighted by molar-refractivity contribution is 5.94. The van der Waals surface area contributed by atoms with Crippen molar-refractivity contribution in [2.24, 2.45) is 0 Å². The molecule has 1 fully saturated rings. The maximum Gasteiger partial charge on any atom is 0.251 e.